The van der Waals surface area contributed by atoms with Crippen LogP contribution in [0.2, 0.25) is 0 Å². The van der Waals surface area contributed by atoms with Gasteiger partial charge in [-0.3, -0.25) is 14.6 Å². The first kappa shape index (κ1) is 16.3. The summed E-state index contributed by atoms with van der Waals surface area (Å²) < 4.78 is 0. The fourth-order valence-electron chi connectivity index (χ4n) is 2.99. The zero-order chi connectivity index (χ0) is 16.9. The SMILES string of the molecule is CCC(=O)c1ccc(C(=O)N2CCNCC2c2cccnc2)cc1. The van der Waals surface area contributed by atoms with Crippen LogP contribution in [0.1, 0.15) is 45.7 Å². The van der Waals surface area contributed by atoms with E-state index >= 15 is 0 Å². The monoisotopic (exact) mass is 323 g/mol. The Morgan fingerprint density at radius 1 is 1.21 bits per heavy atom. The second kappa shape index (κ2) is 7.36. The molecule has 0 radical (unpaired) electrons. The quantitative estimate of drug-likeness (QED) is 0.878. The Morgan fingerprint density at radius 2 is 1.96 bits per heavy atom. The van der Waals surface area contributed by atoms with E-state index in [0.29, 0.717) is 30.6 Å². The third-order valence-electron chi connectivity index (χ3n) is 4.35. The van der Waals surface area contributed by atoms with Gasteiger partial charge < -0.3 is 10.2 Å². The second-order valence-corrected chi connectivity index (χ2v) is 5.86. The van der Waals surface area contributed by atoms with Gasteiger partial charge in [0.1, 0.15) is 0 Å². The van der Waals surface area contributed by atoms with Crippen LogP contribution in [-0.4, -0.2) is 41.2 Å². The molecule has 1 aliphatic rings. The van der Waals surface area contributed by atoms with Crippen LogP contribution in [0.5, 0.6) is 0 Å². The smallest absolute Gasteiger partial charge is 0.254 e. The molecular weight excluding hydrogens is 302 g/mol. The van der Waals surface area contributed by atoms with Gasteiger partial charge in [-0.2, -0.15) is 0 Å². The Morgan fingerprint density at radius 3 is 2.62 bits per heavy atom. The molecule has 3 rings (SSSR count). The van der Waals surface area contributed by atoms with E-state index in [1.54, 1.807) is 36.7 Å². The van der Waals surface area contributed by atoms with Crippen molar-refractivity contribution in [2.45, 2.75) is 19.4 Å². The Kier molecular flexibility index (Phi) is 5.01. The molecule has 0 bridgehead atoms. The van der Waals surface area contributed by atoms with Gasteiger partial charge in [0.05, 0.1) is 6.04 Å². The standard InChI is InChI=1S/C19H21N3O2/c1-2-18(23)14-5-7-15(8-6-14)19(24)22-11-10-21-13-17(22)16-4-3-9-20-12-16/h3-9,12,17,21H,2,10-11,13H2,1H3. The fourth-order valence-corrected chi connectivity index (χ4v) is 2.99. The van der Waals surface area contributed by atoms with Crippen molar-refractivity contribution in [2.24, 2.45) is 0 Å². The highest BCUT2D eigenvalue weighted by Gasteiger charge is 2.28. The Balaban J connectivity index is 1.83. The second-order valence-electron chi connectivity index (χ2n) is 5.86. The maximum atomic E-state index is 12.9. The maximum absolute atomic E-state index is 12.9. The number of amides is 1. The first-order valence-corrected chi connectivity index (χ1v) is 8.25. The molecule has 1 N–H and O–H groups in total. The Bertz CT molecular complexity index is 713. The fraction of sp³-hybridized carbons (Fsp3) is 0.316. The summed E-state index contributed by atoms with van der Waals surface area (Å²) in [5.41, 5.74) is 2.28. The number of carbonyl (C=O) groups is 2. The minimum Gasteiger partial charge on any atom is -0.329 e. The lowest BCUT2D eigenvalue weighted by molar-refractivity contribution is 0.0633. The molecule has 24 heavy (non-hydrogen) atoms. The molecule has 1 atom stereocenters. The molecule has 2 heterocycles. The average molecular weight is 323 g/mol. The van der Waals surface area contributed by atoms with Crippen LogP contribution < -0.4 is 5.32 Å². The number of piperazine rings is 1. The molecule has 5 nitrogen and oxygen atoms in total. The summed E-state index contributed by atoms with van der Waals surface area (Å²) >= 11 is 0. The molecule has 1 amide bonds. The summed E-state index contributed by atoms with van der Waals surface area (Å²) in [7, 11) is 0. The summed E-state index contributed by atoms with van der Waals surface area (Å²) in [6.45, 7) is 3.97. The first-order valence-electron chi connectivity index (χ1n) is 8.25. The number of pyridine rings is 1. The van der Waals surface area contributed by atoms with Gasteiger partial charge in [0.25, 0.3) is 5.91 Å². The van der Waals surface area contributed by atoms with E-state index in [2.05, 4.69) is 10.3 Å². The van der Waals surface area contributed by atoms with Crippen molar-refractivity contribution in [3.05, 3.63) is 65.5 Å². The lowest BCUT2D eigenvalue weighted by Crippen LogP contribution is -2.48. The van der Waals surface area contributed by atoms with E-state index in [1.807, 2.05) is 24.0 Å². The van der Waals surface area contributed by atoms with Crippen molar-refractivity contribution in [3.63, 3.8) is 0 Å². The number of benzene rings is 1. The van der Waals surface area contributed by atoms with Crippen LogP contribution >= 0.6 is 0 Å². The average Bonchev–Trinajstić information content (AvgIpc) is 2.67. The summed E-state index contributed by atoms with van der Waals surface area (Å²) in [5, 5.41) is 3.33. The topological polar surface area (TPSA) is 62.3 Å². The van der Waals surface area contributed by atoms with E-state index in [1.165, 1.54) is 0 Å². The van der Waals surface area contributed by atoms with Crippen LogP contribution in [0.3, 0.4) is 0 Å². The van der Waals surface area contributed by atoms with E-state index in [4.69, 9.17) is 0 Å². The zero-order valence-corrected chi connectivity index (χ0v) is 13.7. The summed E-state index contributed by atoms with van der Waals surface area (Å²) in [4.78, 5) is 30.7. The highest BCUT2D eigenvalue weighted by Crippen LogP contribution is 2.23. The molecule has 1 aromatic heterocycles. The van der Waals surface area contributed by atoms with Gasteiger partial charge in [0.15, 0.2) is 5.78 Å². The molecule has 0 spiro atoms. The molecule has 2 aromatic rings. The van der Waals surface area contributed by atoms with E-state index in [9.17, 15) is 9.59 Å². The number of ketones is 1. The number of carbonyl (C=O) groups excluding carboxylic acids is 2. The van der Waals surface area contributed by atoms with Gasteiger partial charge >= 0.3 is 0 Å². The Hall–Kier alpha value is -2.53. The number of Topliss-reactive ketones (excluding diaryl/α,β-unsaturated/α-hetero) is 1. The van der Waals surface area contributed by atoms with Gasteiger partial charge in [-0.25, -0.2) is 0 Å². The van der Waals surface area contributed by atoms with Gasteiger partial charge in [-0.15, -0.1) is 0 Å². The molecule has 1 saturated heterocycles. The third kappa shape index (κ3) is 3.36. The number of nitrogens with one attached hydrogen (secondary N) is 1. The number of nitrogens with zero attached hydrogens (tertiary/aromatic N) is 2. The van der Waals surface area contributed by atoms with E-state index in [0.717, 1.165) is 12.1 Å². The predicted octanol–water partition coefficient (Wildman–Crippen LogP) is 2.46. The van der Waals surface area contributed by atoms with Crippen molar-refractivity contribution in [3.8, 4) is 0 Å². The molecule has 1 aromatic carbocycles. The molecule has 1 fully saturated rings. The minimum absolute atomic E-state index is 0.0131. The number of hydrogen-bond acceptors (Lipinski definition) is 4. The van der Waals surface area contributed by atoms with Crippen molar-refractivity contribution < 1.29 is 9.59 Å². The van der Waals surface area contributed by atoms with Crippen LogP contribution in [0.4, 0.5) is 0 Å². The van der Waals surface area contributed by atoms with Crippen molar-refractivity contribution in [1.82, 2.24) is 15.2 Å². The minimum atomic E-state index is -0.0306. The maximum Gasteiger partial charge on any atom is 0.254 e. The largest absolute Gasteiger partial charge is 0.329 e. The van der Waals surface area contributed by atoms with E-state index in [-0.39, 0.29) is 17.7 Å². The summed E-state index contributed by atoms with van der Waals surface area (Å²) in [6, 6.07) is 10.8. The summed E-state index contributed by atoms with van der Waals surface area (Å²) in [6.07, 6.45) is 4.00. The van der Waals surface area contributed by atoms with Crippen LogP contribution in [0, 0.1) is 0 Å². The lowest BCUT2D eigenvalue weighted by atomic mass is 10.0. The third-order valence-corrected chi connectivity index (χ3v) is 4.35. The van der Waals surface area contributed by atoms with Crippen molar-refractivity contribution >= 4 is 11.7 Å². The zero-order valence-electron chi connectivity index (χ0n) is 13.7. The lowest BCUT2D eigenvalue weighted by Gasteiger charge is -2.36. The van der Waals surface area contributed by atoms with Crippen LogP contribution in [0.15, 0.2) is 48.8 Å². The molecule has 1 unspecified atom stereocenters. The summed E-state index contributed by atoms with van der Waals surface area (Å²) in [5.74, 6) is 0.0743. The van der Waals surface area contributed by atoms with Crippen molar-refractivity contribution in [1.29, 1.82) is 0 Å². The van der Waals surface area contributed by atoms with Crippen LogP contribution in [-0.2, 0) is 0 Å². The van der Waals surface area contributed by atoms with Gasteiger partial charge in [0, 0.05) is 49.6 Å². The normalized spacial score (nSPS) is 17.5. The molecule has 0 aliphatic carbocycles. The van der Waals surface area contributed by atoms with Gasteiger partial charge in [-0.1, -0.05) is 25.1 Å². The first-order chi connectivity index (χ1) is 11.7. The molecule has 0 saturated carbocycles. The molecular formula is C19H21N3O2. The molecule has 5 heteroatoms. The predicted molar refractivity (Wildman–Crippen MR) is 91.9 cm³/mol. The number of aromatic nitrogens is 1. The van der Waals surface area contributed by atoms with Gasteiger partial charge in [0.2, 0.25) is 0 Å². The highest BCUT2D eigenvalue weighted by atomic mass is 16.2. The van der Waals surface area contributed by atoms with Crippen LogP contribution in [0.25, 0.3) is 0 Å². The van der Waals surface area contributed by atoms with Gasteiger partial charge in [-0.05, 0) is 23.8 Å². The van der Waals surface area contributed by atoms with Crippen molar-refractivity contribution in [2.75, 3.05) is 19.6 Å². The molecule has 1 aliphatic heterocycles. The Labute approximate surface area is 141 Å². The molecule has 124 valence electrons. The van der Waals surface area contributed by atoms with E-state index < -0.39 is 0 Å². The highest BCUT2D eigenvalue weighted by molar-refractivity contribution is 5.98. The number of rotatable bonds is 4. The number of hydrogen-bond donors (Lipinski definition) is 1.